The van der Waals surface area contributed by atoms with E-state index < -0.39 is 0 Å². The number of rotatable bonds is 3. The largest absolute Gasteiger partial charge is 0.322 e. The average molecular weight is 278 g/mol. The van der Waals surface area contributed by atoms with E-state index in [9.17, 15) is 4.79 Å². The monoisotopic (exact) mass is 278 g/mol. The molecule has 0 aromatic carbocycles. The van der Waals surface area contributed by atoms with Crippen molar-refractivity contribution in [2.75, 3.05) is 13.1 Å². The fourth-order valence-corrected chi connectivity index (χ4v) is 4.16. The zero-order valence-corrected chi connectivity index (χ0v) is 12.3. The lowest BCUT2D eigenvalue weighted by Crippen LogP contribution is -2.36. The number of amides is 1. The number of hydrogen-bond acceptors (Lipinski definition) is 3. The Labute approximate surface area is 119 Å². The van der Waals surface area contributed by atoms with E-state index in [0.29, 0.717) is 12.5 Å². The molecule has 1 saturated heterocycles. The molecule has 3 nitrogen and oxygen atoms in total. The molecule has 0 radical (unpaired) electrons. The van der Waals surface area contributed by atoms with Crippen LogP contribution in [0.25, 0.3) is 0 Å². The molecule has 104 valence electrons. The number of nitrogens with zero attached hydrogens (tertiary/aromatic N) is 1. The minimum Gasteiger partial charge on any atom is -0.322 e. The highest BCUT2D eigenvalue weighted by Gasteiger charge is 2.34. The molecule has 0 spiro atoms. The van der Waals surface area contributed by atoms with Crippen molar-refractivity contribution < 1.29 is 4.79 Å². The van der Waals surface area contributed by atoms with Crippen molar-refractivity contribution >= 4 is 17.2 Å². The van der Waals surface area contributed by atoms with Crippen LogP contribution in [0.2, 0.25) is 0 Å². The molecule has 2 aliphatic rings. The van der Waals surface area contributed by atoms with Gasteiger partial charge in [0.15, 0.2) is 0 Å². The van der Waals surface area contributed by atoms with E-state index in [0.717, 1.165) is 12.5 Å². The Bertz CT molecular complexity index is 431. The third kappa shape index (κ3) is 2.84. The first-order chi connectivity index (χ1) is 9.24. The summed E-state index contributed by atoms with van der Waals surface area (Å²) in [5.74, 6) is 1.77. The van der Waals surface area contributed by atoms with Gasteiger partial charge in [-0.2, -0.15) is 11.3 Å². The average Bonchev–Trinajstić information content (AvgIpc) is 3.01. The van der Waals surface area contributed by atoms with Gasteiger partial charge < -0.3 is 4.90 Å². The van der Waals surface area contributed by atoms with Gasteiger partial charge in [-0.25, -0.2) is 0 Å². The van der Waals surface area contributed by atoms with Crippen LogP contribution < -0.4 is 5.32 Å². The second-order valence-corrected chi connectivity index (χ2v) is 6.80. The Kier molecular flexibility index (Phi) is 3.89. The Morgan fingerprint density at radius 1 is 1.47 bits per heavy atom. The summed E-state index contributed by atoms with van der Waals surface area (Å²) in [5, 5.41) is 7.57. The minimum absolute atomic E-state index is 0.107. The van der Waals surface area contributed by atoms with E-state index in [-0.39, 0.29) is 12.1 Å². The smallest absolute Gasteiger partial charge is 0.238 e. The molecule has 2 heterocycles. The van der Waals surface area contributed by atoms with Crippen molar-refractivity contribution in [3.8, 4) is 0 Å². The number of thiophene rings is 1. The van der Waals surface area contributed by atoms with E-state index in [1.54, 1.807) is 11.3 Å². The number of carbonyl (C=O) groups is 1. The van der Waals surface area contributed by atoms with Crippen LogP contribution in [-0.2, 0) is 4.79 Å². The van der Waals surface area contributed by atoms with E-state index in [4.69, 9.17) is 0 Å². The predicted molar refractivity (Wildman–Crippen MR) is 77.9 cm³/mol. The first-order valence-electron chi connectivity index (χ1n) is 7.29. The predicted octanol–water partition coefficient (Wildman–Crippen LogP) is 3.00. The first-order valence-corrected chi connectivity index (χ1v) is 8.23. The molecule has 3 atom stereocenters. The Hall–Kier alpha value is -0.870. The van der Waals surface area contributed by atoms with Crippen LogP contribution >= 0.6 is 11.3 Å². The molecule has 1 aliphatic heterocycles. The number of carbonyl (C=O) groups excluding carboxylic acids is 1. The van der Waals surface area contributed by atoms with Gasteiger partial charge in [0, 0.05) is 6.54 Å². The molecule has 1 saturated carbocycles. The van der Waals surface area contributed by atoms with Gasteiger partial charge in [-0.1, -0.05) is 19.8 Å². The molecule has 3 unspecified atom stereocenters. The third-order valence-corrected chi connectivity index (χ3v) is 5.14. The van der Waals surface area contributed by atoms with Gasteiger partial charge in [0.05, 0.1) is 6.54 Å². The highest BCUT2D eigenvalue weighted by atomic mass is 32.1. The Morgan fingerprint density at radius 3 is 3.11 bits per heavy atom. The van der Waals surface area contributed by atoms with Crippen molar-refractivity contribution in [3.63, 3.8) is 0 Å². The standard InChI is InChI=1S/C15H22N2OS/c1-11-3-2-4-12(7-11)9-17-14(18)8-16-15(17)13-5-6-19-10-13/h5-6,10-12,15-16H,2-4,7-9H2,1H3. The van der Waals surface area contributed by atoms with E-state index >= 15 is 0 Å². The topological polar surface area (TPSA) is 32.3 Å². The summed E-state index contributed by atoms with van der Waals surface area (Å²) < 4.78 is 0. The molecule has 4 heteroatoms. The van der Waals surface area contributed by atoms with Crippen LogP contribution in [-0.4, -0.2) is 23.9 Å². The van der Waals surface area contributed by atoms with E-state index in [1.165, 1.54) is 31.2 Å². The van der Waals surface area contributed by atoms with Gasteiger partial charge in [-0.05, 0) is 47.1 Å². The summed E-state index contributed by atoms with van der Waals surface area (Å²) in [7, 11) is 0. The highest BCUT2D eigenvalue weighted by Crippen LogP contribution is 2.32. The molecule has 1 aromatic rings. The van der Waals surface area contributed by atoms with Crippen LogP contribution in [0, 0.1) is 11.8 Å². The SMILES string of the molecule is CC1CCCC(CN2C(=O)CNC2c2ccsc2)C1. The second-order valence-electron chi connectivity index (χ2n) is 6.02. The summed E-state index contributed by atoms with van der Waals surface area (Å²) in [5.41, 5.74) is 1.24. The number of nitrogens with one attached hydrogen (secondary N) is 1. The van der Waals surface area contributed by atoms with Crippen molar-refractivity contribution in [2.45, 2.75) is 38.8 Å². The van der Waals surface area contributed by atoms with E-state index in [1.807, 2.05) is 0 Å². The second kappa shape index (κ2) is 5.63. The van der Waals surface area contributed by atoms with Crippen LogP contribution in [0.15, 0.2) is 16.8 Å². The Balaban J connectivity index is 1.68. The maximum absolute atomic E-state index is 12.1. The Morgan fingerprint density at radius 2 is 2.37 bits per heavy atom. The third-order valence-electron chi connectivity index (χ3n) is 4.44. The normalized spacial score (nSPS) is 31.9. The molecule has 1 N–H and O–H groups in total. The van der Waals surface area contributed by atoms with Crippen molar-refractivity contribution in [2.24, 2.45) is 11.8 Å². The van der Waals surface area contributed by atoms with E-state index in [2.05, 4.69) is 34.0 Å². The van der Waals surface area contributed by atoms with Gasteiger partial charge in [-0.15, -0.1) is 0 Å². The molecular weight excluding hydrogens is 256 g/mol. The number of hydrogen-bond donors (Lipinski definition) is 1. The summed E-state index contributed by atoms with van der Waals surface area (Å²) in [4.78, 5) is 14.2. The fraction of sp³-hybridized carbons (Fsp3) is 0.667. The van der Waals surface area contributed by atoms with Crippen LogP contribution in [0.4, 0.5) is 0 Å². The highest BCUT2D eigenvalue weighted by molar-refractivity contribution is 7.07. The minimum atomic E-state index is 0.107. The van der Waals surface area contributed by atoms with Gasteiger partial charge >= 0.3 is 0 Å². The van der Waals surface area contributed by atoms with Crippen LogP contribution in [0.5, 0.6) is 0 Å². The summed E-state index contributed by atoms with van der Waals surface area (Å²) in [6.45, 7) is 3.76. The molecule has 0 bridgehead atoms. The lowest BCUT2D eigenvalue weighted by Gasteiger charge is -2.32. The molecule has 1 aliphatic carbocycles. The quantitative estimate of drug-likeness (QED) is 0.922. The zero-order chi connectivity index (χ0) is 13.2. The fourth-order valence-electron chi connectivity index (χ4n) is 3.48. The summed E-state index contributed by atoms with van der Waals surface area (Å²) in [6, 6.07) is 2.12. The molecule has 1 aromatic heterocycles. The molecule has 1 amide bonds. The van der Waals surface area contributed by atoms with Crippen molar-refractivity contribution in [1.82, 2.24) is 10.2 Å². The lowest BCUT2D eigenvalue weighted by molar-refractivity contribution is -0.128. The van der Waals surface area contributed by atoms with Crippen molar-refractivity contribution in [1.29, 1.82) is 0 Å². The molecule has 3 rings (SSSR count). The maximum atomic E-state index is 12.1. The van der Waals surface area contributed by atoms with Gasteiger partial charge in [-0.3, -0.25) is 10.1 Å². The van der Waals surface area contributed by atoms with Crippen LogP contribution in [0.3, 0.4) is 0 Å². The molecular formula is C15H22N2OS. The summed E-state index contributed by atoms with van der Waals surface area (Å²) >= 11 is 1.70. The lowest BCUT2D eigenvalue weighted by atomic mass is 9.82. The molecule has 19 heavy (non-hydrogen) atoms. The van der Waals surface area contributed by atoms with Gasteiger partial charge in [0.2, 0.25) is 5.91 Å². The van der Waals surface area contributed by atoms with Gasteiger partial charge in [0.25, 0.3) is 0 Å². The molecule has 2 fully saturated rings. The van der Waals surface area contributed by atoms with Gasteiger partial charge in [0.1, 0.15) is 6.17 Å². The maximum Gasteiger partial charge on any atom is 0.238 e. The van der Waals surface area contributed by atoms with Crippen molar-refractivity contribution in [3.05, 3.63) is 22.4 Å². The first kappa shape index (κ1) is 13.1. The summed E-state index contributed by atoms with van der Waals surface area (Å²) in [6.07, 6.45) is 5.35. The van der Waals surface area contributed by atoms with Crippen LogP contribution in [0.1, 0.15) is 44.3 Å². The zero-order valence-electron chi connectivity index (χ0n) is 11.5.